The Kier molecular flexibility index (Phi) is 5.05. The molecule has 6 heteroatoms. The maximum atomic E-state index is 12.3. The third-order valence-electron chi connectivity index (χ3n) is 4.41. The van der Waals surface area contributed by atoms with E-state index in [0.29, 0.717) is 28.2 Å². The van der Waals surface area contributed by atoms with E-state index in [2.05, 4.69) is 0 Å². The zero-order valence-corrected chi connectivity index (χ0v) is 15.7. The molecular formula is C24H17NO5. The minimum absolute atomic E-state index is 0.0148. The van der Waals surface area contributed by atoms with Gasteiger partial charge < -0.3 is 20.0 Å². The van der Waals surface area contributed by atoms with Crippen molar-refractivity contribution in [1.29, 1.82) is 0 Å². The Labute approximate surface area is 171 Å². The summed E-state index contributed by atoms with van der Waals surface area (Å²) < 4.78 is 11.6. The number of rotatable bonds is 5. The van der Waals surface area contributed by atoms with E-state index in [1.807, 2.05) is 12.1 Å². The summed E-state index contributed by atoms with van der Waals surface area (Å²) in [5.74, 6) is 1.19. The predicted molar refractivity (Wildman–Crippen MR) is 114 cm³/mol. The number of phenols is 1. The molecule has 0 bridgehead atoms. The standard InChI is InChI=1S/C24H17NO5/c25-24(28)12-3-15-1-7-18(8-2-15)29-19-9-4-16(5-10-19)23-14-21(27)20-13-17(26)6-11-22(20)30-23/h1-14,26H,(H2,25,28). The molecule has 0 unspecified atom stereocenters. The zero-order valence-electron chi connectivity index (χ0n) is 15.7. The number of primary amides is 1. The molecule has 1 aromatic heterocycles. The van der Waals surface area contributed by atoms with Gasteiger partial charge in [0.2, 0.25) is 5.91 Å². The van der Waals surface area contributed by atoms with Crippen molar-refractivity contribution in [1.82, 2.24) is 0 Å². The molecule has 1 amide bonds. The predicted octanol–water partition coefficient (Wildman–Crippen LogP) is 4.46. The van der Waals surface area contributed by atoms with Crippen LogP contribution in [-0.4, -0.2) is 11.0 Å². The topological polar surface area (TPSA) is 103 Å². The molecule has 1 heterocycles. The van der Waals surface area contributed by atoms with E-state index < -0.39 is 5.91 Å². The van der Waals surface area contributed by atoms with Crippen LogP contribution in [0.25, 0.3) is 28.4 Å². The Bertz CT molecular complexity index is 1300. The molecule has 0 saturated heterocycles. The molecule has 4 rings (SSSR count). The van der Waals surface area contributed by atoms with Gasteiger partial charge in [-0.3, -0.25) is 9.59 Å². The molecular weight excluding hydrogens is 382 g/mol. The summed E-state index contributed by atoms with van der Waals surface area (Å²) >= 11 is 0. The number of benzene rings is 3. The van der Waals surface area contributed by atoms with Crippen LogP contribution in [-0.2, 0) is 4.79 Å². The largest absolute Gasteiger partial charge is 0.508 e. The fourth-order valence-electron chi connectivity index (χ4n) is 2.94. The minimum atomic E-state index is -0.504. The monoisotopic (exact) mass is 399 g/mol. The Morgan fingerprint density at radius 1 is 0.933 bits per heavy atom. The van der Waals surface area contributed by atoms with Crippen LogP contribution in [0.2, 0.25) is 0 Å². The number of fused-ring (bicyclic) bond motifs is 1. The van der Waals surface area contributed by atoms with Crippen molar-refractivity contribution in [3.8, 4) is 28.6 Å². The van der Waals surface area contributed by atoms with E-state index in [-0.39, 0.29) is 11.2 Å². The van der Waals surface area contributed by atoms with Crippen molar-refractivity contribution in [3.05, 3.63) is 94.7 Å². The van der Waals surface area contributed by atoms with Gasteiger partial charge in [0.25, 0.3) is 0 Å². The van der Waals surface area contributed by atoms with Gasteiger partial charge in [-0.05, 0) is 66.2 Å². The average molecular weight is 399 g/mol. The third-order valence-corrected chi connectivity index (χ3v) is 4.41. The number of hydrogen-bond donors (Lipinski definition) is 2. The second kappa shape index (κ2) is 7.97. The molecule has 0 fully saturated rings. The summed E-state index contributed by atoms with van der Waals surface area (Å²) in [7, 11) is 0. The lowest BCUT2D eigenvalue weighted by atomic mass is 10.1. The zero-order chi connectivity index (χ0) is 21.1. The highest BCUT2D eigenvalue weighted by molar-refractivity contribution is 5.90. The lowest BCUT2D eigenvalue weighted by molar-refractivity contribution is -0.113. The van der Waals surface area contributed by atoms with E-state index in [1.165, 1.54) is 24.3 Å². The van der Waals surface area contributed by atoms with Crippen molar-refractivity contribution >= 4 is 23.0 Å². The summed E-state index contributed by atoms with van der Waals surface area (Å²) in [6.07, 6.45) is 2.92. The first-order chi connectivity index (χ1) is 14.5. The number of ether oxygens (including phenoxy) is 1. The van der Waals surface area contributed by atoms with Gasteiger partial charge in [-0.25, -0.2) is 0 Å². The maximum absolute atomic E-state index is 12.3. The van der Waals surface area contributed by atoms with Gasteiger partial charge in [0.1, 0.15) is 28.6 Å². The van der Waals surface area contributed by atoms with E-state index in [0.717, 1.165) is 11.1 Å². The van der Waals surface area contributed by atoms with E-state index >= 15 is 0 Å². The van der Waals surface area contributed by atoms with Crippen LogP contribution in [0.15, 0.2) is 88.1 Å². The first-order valence-electron chi connectivity index (χ1n) is 9.11. The first kappa shape index (κ1) is 19.0. The normalized spacial score (nSPS) is 11.1. The molecule has 3 N–H and O–H groups in total. The molecule has 148 valence electrons. The SMILES string of the molecule is NC(=O)C=Cc1ccc(Oc2ccc(-c3cc(=O)c4cc(O)ccc4o3)cc2)cc1. The number of carbonyl (C=O) groups excluding carboxylic acids is 1. The van der Waals surface area contributed by atoms with Gasteiger partial charge >= 0.3 is 0 Å². The van der Waals surface area contributed by atoms with Crippen LogP contribution < -0.4 is 15.9 Å². The van der Waals surface area contributed by atoms with Gasteiger partial charge in [-0.2, -0.15) is 0 Å². The van der Waals surface area contributed by atoms with Crippen LogP contribution in [0.3, 0.4) is 0 Å². The Morgan fingerprint density at radius 2 is 1.60 bits per heavy atom. The summed E-state index contributed by atoms with van der Waals surface area (Å²) in [5.41, 5.74) is 6.81. The van der Waals surface area contributed by atoms with E-state index in [9.17, 15) is 14.7 Å². The van der Waals surface area contributed by atoms with Crippen LogP contribution in [0, 0.1) is 0 Å². The molecule has 3 aromatic carbocycles. The number of aromatic hydroxyl groups is 1. The van der Waals surface area contributed by atoms with Crippen molar-refractivity contribution < 1.29 is 19.1 Å². The molecule has 0 spiro atoms. The average Bonchev–Trinajstić information content (AvgIpc) is 2.74. The third kappa shape index (κ3) is 4.23. The van der Waals surface area contributed by atoms with Crippen LogP contribution in [0.4, 0.5) is 0 Å². The molecule has 6 nitrogen and oxygen atoms in total. The second-order valence-electron chi connectivity index (χ2n) is 6.59. The summed E-state index contributed by atoms with van der Waals surface area (Å²) in [6, 6.07) is 20.2. The summed E-state index contributed by atoms with van der Waals surface area (Å²) in [6.45, 7) is 0. The Hall–Kier alpha value is -4.32. The fraction of sp³-hybridized carbons (Fsp3) is 0. The highest BCUT2D eigenvalue weighted by atomic mass is 16.5. The maximum Gasteiger partial charge on any atom is 0.241 e. The van der Waals surface area contributed by atoms with Gasteiger partial charge in [0.15, 0.2) is 5.43 Å². The molecule has 4 aromatic rings. The van der Waals surface area contributed by atoms with Crippen molar-refractivity contribution in [3.63, 3.8) is 0 Å². The van der Waals surface area contributed by atoms with Crippen LogP contribution in [0.1, 0.15) is 5.56 Å². The smallest absolute Gasteiger partial charge is 0.241 e. The second-order valence-corrected chi connectivity index (χ2v) is 6.59. The molecule has 0 saturated carbocycles. The molecule has 0 aliphatic heterocycles. The van der Waals surface area contributed by atoms with Crippen LogP contribution >= 0.6 is 0 Å². The summed E-state index contributed by atoms with van der Waals surface area (Å²) in [4.78, 5) is 23.1. The number of hydrogen-bond acceptors (Lipinski definition) is 5. The van der Waals surface area contributed by atoms with Gasteiger partial charge in [-0.15, -0.1) is 0 Å². The molecule has 30 heavy (non-hydrogen) atoms. The molecule has 0 aliphatic rings. The first-order valence-corrected chi connectivity index (χ1v) is 9.11. The Balaban J connectivity index is 1.53. The number of amides is 1. The fourth-order valence-corrected chi connectivity index (χ4v) is 2.94. The Morgan fingerprint density at radius 3 is 2.27 bits per heavy atom. The molecule has 0 atom stereocenters. The number of nitrogens with two attached hydrogens (primary N) is 1. The minimum Gasteiger partial charge on any atom is -0.508 e. The van der Waals surface area contributed by atoms with Gasteiger partial charge in [0.05, 0.1) is 5.39 Å². The number of carbonyl (C=O) groups is 1. The summed E-state index contributed by atoms with van der Waals surface area (Å²) in [5, 5.41) is 9.87. The lowest BCUT2D eigenvalue weighted by Gasteiger charge is -2.08. The molecule has 0 radical (unpaired) electrons. The van der Waals surface area contributed by atoms with Crippen molar-refractivity contribution in [2.24, 2.45) is 5.73 Å². The lowest BCUT2D eigenvalue weighted by Crippen LogP contribution is -2.04. The van der Waals surface area contributed by atoms with E-state index in [4.69, 9.17) is 14.9 Å². The quantitative estimate of drug-likeness (QED) is 0.483. The van der Waals surface area contributed by atoms with Gasteiger partial charge in [0, 0.05) is 17.7 Å². The van der Waals surface area contributed by atoms with Crippen molar-refractivity contribution in [2.75, 3.05) is 0 Å². The van der Waals surface area contributed by atoms with Crippen molar-refractivity contribution in [2.45, 2.75) is 0 Å². The van der Waals surface area contributed by atoms with Crippen LogP contribution in [0.5, 0.6) is 17.2 Å². The van der Waals surface area contributed by atoms with Gasteiger partial charge in [-0.1, -0.05) is 12.1 Å². The highest BCUT2D eigenvalue weighted by Gasteiger charge is 2.08. The highest BCUT2D eigenvalue weighted by Crippen LogP contribution is 2.28. The molecule has 0 aliphatic carbocycles. The number of phenolic OH excluding ortho intramolecular Hbond substituents is 1. The van der Waals surface area contributed by atoms with E-state index in [1.54, 1.807) is 48.5 Å².